The Kier molecular flexibility index (Phi) is 5.90. The van der Waals surface area contributed by atoms with Crippen molar-refractivity contribution in [3.63, 3.8) is 0 Å². The first-order valence-electron chi connectivity index (χ1n) is 8.50. The van der Waals surface area contributed by atoms with Crippen molar-refractivity contribution in [3.05, 3.63) is 52.4 Å². The van der Waals surface area contributed by atoms with E-state index < -0.39 is 12.0 Å². The molecule has 2 aromatic rings. The second kappa shape index (κ2) is 8.33. The lowest BCUT2D eigenvalue weighted by molar-refractivity contribution is -0.141. The molecule has 0 amide bonds. The maximum atomic E-state index is 12.8. The lowest BCUT2D eigenvalue weighted by Crippen LogP contribution is -2.30. The number of carbonyl (C=O) groups is 1. The number of halogens is 1. The summed E-state index contributed by atoms with van der Waals surface area (Å²) in [6, 6.07) is 6.86. The van der Waals surface area contributed by atoms with Crippen LogP contribution in [-0.2, 0) is 14.3 Å². The van der Waals surface area contributed by atoms with Gasteiger partial charge >= 0.3 is 5.97 Å². The Labute approximate surface area is 157 Å². The molecule has 0 spiro atoms. The maximum Gasteiger partial charge on any atom is 0.338 e. The summed E-state index contributed by atoms with van der Waals surface area (Å²) < 4.78 is 12.4. The summed E-state index contributed by atoms with van der Waals surface area (Å²) in [5.41, 5.74) is 1.87. The van der Waals surface area contributed by atoms with Gasteiger partial charge in [0.05, 0.1) is 12.2 Å². The van der Waals surface area contributed by atoms with E-state index in [2.05, 4.69) is 15.4 Å². The monoisotopic (exact) mass is 376 g/mol. The van der Waals surface area contributed by atoms with Crippen LogP contribution in [-0.4, -0.2) is 40.6 Å². The number of carbonyl (C=O) groups excluding carboxylic acids is 1. The lowest BCUT2D eigenvalue weighted by atomic mass is 9.96. The number of benzene rings is 1. The van der Waals surface area contributed by atoms with E-state index in [0.717, 1.165) is 12.0 Å². The highest BCUT2D eigenvalue weighted by atomic mass is 35.5. The van der Waals surface area contributed by atoms with Gasteiger partial charge in [0.25, 0.3) is 0 Å². The minimum atomic E-state index is -0.508. The molecule has 2 heterocycles. The summed E-state index contributed by atoms with van der Waals surface area (Å²) in [6.45, 7) is 5.04. The zero-order chi connectivity index (χ0) is 18.5. The highest BCUT2D eigenvalue weighted by molar-refractivity contribution is 6.31. The number of hydrogen-bond donors (Lipinski definition) is 1. The number of nitrogens with zero attached hydrogens (tertiary/aromatic N) is 3. The first kappa shape index (κ1) is 18.4. The molecule has 0 saturated carbocycles. The Hall–Kier alpha value is -2.38. The number of fused-ring (bicyclic) bond motifs is 1. The molecule has 0 saturated heterocycles. The zero-order valence-corrected chi connectivity index (χ0v) is 15.5. The molecule has 0 aliphatic carbocycles. The molecule has 3 rings (SSSR count). The summed E-state index contributed by atoms with van der Waals surface area (Å²) in [6.07, 6.45) is 2.36. The number of ether oxygens (including phenoxy) is 2. The average molecular weight is 377 g/mol. The fourth-order valence-electron chi connectivity index (χ4n) is 2.86. The number of aromatic nitrogens is 3. The number of nitrogens with one attached hydrogen (secondary N) is 1. The Morgan fingerprint density at radius 2 is 2.12 bits per heavy atom. The predicted octanol–water partition coefficient (Wildman–Crippen LogP) is 3.19. The second-order valence-electron chi connectivity index (χ2n) is 5.86. The van der Waals surface area contributed by atoms with Gasteiger partial charge in [-0.1, -0.05) is 36.7 Å². The van der Waals surface area contributed by atoms with Crippen molar-refractivity contribution in [1.82, 2.24) is 14.8 Å². The van der Waals surface area contributed by atoms with Crippen molar-refractivity contribution < 1.29 is 14.3 Å². The molecule has 8 heteroatoms. The fourth-order valence-corrected chi connectivity index (χ4v) is 3.10. The van der Waals surface area contributed by atoms with Crippen LogP contribution in [0.2, 0.25) is 5.02 Å². The van der Waals surface area contributed by atoms with Gasteiger partial charge in [0.15, 0.2) is 0 Å². The van der Waals surface area contributed by atoms with Gasteiger partial charge in [-0.3, -0.25) is 0 Å². The van der Waals surface area contributed by atoms with E-state index in [1.165, 1.54) is 6.33 Å². The third-order valence-corrected chi connectivity index (χ3v) is 4.37. The average Bonchev–Trinajstić information content (AvgIpc) is 3.09. The Balaban J connectivity index is 1.88. The molecule has 7 nitrogen and oxygen atoms in total. The van der Waals surface area contributed by atoms with Gasteiger partial charge in [-0.25, -0.2) is 9.48 Å². The largest absolute Gasteiger partial charge is 0.460 e. The van der Waals surface area contributed by atoms with Gasteiger partial charge in [0.1, 0.15) is 19.0 Å². The minimum Gasteiger partial charge on any atom is -0.460 e. The fraction of sp³-hybridized carbons (Fsp3) is 0.389. The van der Waals surface area contributed by atoms with Crippen molar-refractivity contribution in [1.29, 1.82) is 0 Å². The highest BCUT2D eigenvalue weighted by Crippen LogP contribution is 2.37. The molecule has 1 N–H and O–H groups in total. The van der Waals surface area contributed by atoms with Crippen molar-refractivity contribution in [3.8, 4) is 0 Å². The van der Waals surface area contributed by atoms with E-state index in [0.29, 0.717) is 35.5 Å². The number of rotatable bonds is 7. The topological polar surface area (TPSA) is 78.3 Å². The van der Waals surface area contributed by atoms with Crippen molar-refractivity contribution >= 4 is 23.5 Å². The standard InChI is InChI=1S/C18H21ClN4O3/c1-3-8-25-9-10-26-17(24)15-12(2)22-18-20-11-21-23(18)16(15)13-6-4-5-7-14(13)19/h4-7,11,16H,3,8-10H2,1-2H3,(H,20,21,22)/t16-/m1/s1. The smallest absolute Gasteiger partial charge is 0.338 e. The van der Waals surface area contributed by atoms with Crippen molar-refractivity contribution in [2.24, 2.45) is 0 Å². The van der Waals surface area contributed by atoms with Crippen LogP contribution in [0.25, 0.3) is 0 Å². The van der Waals surface area contributed by atoms with E-state index in [1.54, 1.807) is 10.7 Å². The first-order valence-corrected chi connectivity index (χ1v) is 8.87. The van der Waals surface area contributed by atoms with Crippen molar-refractivity contribution in [2.75, 3.05) is 25.1 Å². The summed E-state index contributed by atoms with van der Waals surface area (Å²) in [4.78, 5) is 17.0. The molecule has 0 bridgehead atoms. The van der Waals surface area contributed by atoms with Crippen LogP contribution < -0.4 is 5.32 Å². The van der Waals surface area contributed by atoms with E-state index in [1.807, 2.05) is 32.0 Å². The normalized spacial score (nSPS) is 16.2. The number of anilines is 1. The molecule has 26 heavy (non-hydrogen) atoms. The van der Waals surface area contributed by atoms with Crippen LogP contribution in [0.3, 0.4) is 0 Å². The third-order valence-electron chi connectivity index (χ3n) is 4.02. The van der Waals surface area contributed by atoms with Crippen LogP contribution in [0.1, 0.15) is 31.9 Å². The molecule has 1 aliphatic heterocycles. The molecule has 1 aromatic carbocycles. The summed E-state index contributed by atoms with van der Waals surface area (Å²) in [5.74, 6) is 0.122. The third kappa shape index (κ3) is 3.73. The van der Waals surface area contributed by atoms with E-state index in [-0.39, 0.29) is 6.61 Å². The summed E-state index contributed by atoms with van der Waals surface area (Å²) in [5, 5.41) is 7.90. The van der Waals surface area contributed by atoms with Crippen LogP contribution in [0.4, 0.5) is 5.95 Å². The number of hydrogen-bond acceptors (Lipinski definition) is 6. The Morgan fingerprint density at radius 1 is 1.31 bits per heavy atom. The molecule has 1 atom stereocenters. The van der Waals surface area contributed by atoms with Crippen LogP contribution in [0, 0.1) is 0 Å². The minimum absolute atomic E-state index is 0.190. The second-order valence-corrected chi connectivity index (χ2v) is 6.27. The van der Waals surface area contributed by atoms with Gasteiger partial charge < -0.3 is 14.8 Å². The predicted molar refractivity (Wildman–Crippen MR) is 98.0 cm³/mol. The van der Waals surface area contributed by atoms with Crippen molar-refractivity contribution in [2.45, 2.75) is 26.3 Å². The summed E-state index contributed by atoms with van der Waals surface area (Å²) in [7, 11) is 0. The molecule has 0 fully saturated rings. The quantitative estimate of drug-likeness (QED) is 0.590. The van der Waals surface area contributed by atoms with Gasteiger partial charge in [-0.15, -0.1) is 0 Å². The SMILES string of the molecule is CCCOCCOC(=O)C1=C(C)Nc2ncnn2[C@@H]1c1ccccc1Cl. The molecular formula is C18H21ClN4O3. The molecule has 0 radical (unpaired) electrons. The van der Waals surface area contributed by atoms with E-state index in [9.17, 15) is 4.79 Å². The zero-order valence-electron chi connectivity index (χ0n) is 14.7. The molecule has 138 valence electrons. The number of allylic oxidation sites excluding steroid dienone is 1. The lowest BCUT2D eigenvalue weighted by Gasteiger charge is -2.28. The van der Waals surface area contributed by atoms with Crippen LogP contribution in [0.5, 0.6) is 0 Å². The highest BCUT2D eigenvalue weighted by Gasteiger charge is 2.35. The van der Waals surface area contributed by atoms with Gasteiger partial charge in [-0.2, -0.15) is 10.1 Å². The van der Waals surface area contributed by atoms with Crippen LogP contribution in [0.15, 0.2) is 41.9 Å². The van der Waals surface area contributed by atoms with Gasteiger partial charge in [0.2, 0.25) is 5.95 Å². The van der Waals surface area contributed by atoms with E-state index >= 15 is 0 Å². The Morgan fingerprint density at radius 3 is 2.88 bits per heavy atom. The first-order chi connectivity index (χ1) is 12.6. The van der Waals surface area contributed by atoms with Gasteiger partial charge in [0, 0.05) is 22.9 Å². The van der Waals surface area contributed by atoms with E-state index in [4.69, 9.17) is 21.1 Å². The molecule has 1 aliphatic rings. The van der Waals surface area contributed by atoms with Gasteiger partial charge in [-0.05, 0) is 19.4 Å². The number of esters is 1. The summed E-state index contributed by atoms with van der Waals surface area (Å²) >= 11 is 6.39. The van der Waals surface area contributed by atoms with Crippen LogP contribution >= 0.6 is 11.6 Å². The molecule has 0 unspecified atom stereocenters. The maximum absolute atomic E-state index is 12.8. The molecule has 1 aromatic heterocycles. The molecular weight excluding hydrogens is 356 g/mol. The Bertz CT molecular complexity index is 818.